The number of nitrogen functional groups attached to an aromatic ring is 1. The van der Waals surface area contributed by atoms with Crippen LogP contribution >= 0.6 is 0 Å². The van der Waals surface area contributed by atoms with Crippen LogP contribution in [0, 0.1) is 0 Å². The number of ether oxygens (including phenoxy) is 2. The lowest BCUT2D eigenvalue weighted by Crippen LogP contribution is -2.13. The molecule has 124 valence electrons. The largest absolute Gasteiger partial charge is 0.487 e. The highest BCUT2D eigenvalue weighted by atomic mass is 16.5. The first-order valence-corrected chi connectivity index (χ1v) is 7.74. The van der Waals surface area contributed by atoms with E-state index in [0.29, 0.717) is 24.7 Å². The van der Waals surface area contributed by atoms with E-state index < -0.39 is 0 Å². The summed E-state index contributed by atoms with van der Waals surface area (Å²) in [5.41, 5.74) is 8.37. The first-order chi connectivity index (χ1) is 11.7. The number of fused-ring (bicyclic) bond motifs is 1. The van der Waals surface area contributed by atoms with E-state index in [4.69, 9.17) is 15.2 Å². The van der Waals surface area contributed by atoms with Gasteiger partial charge in [-0.25, -0.2) is 0 Å². The predicted molar refractivity (Wildman–Crippen MR) is 91.6 cm³/mol. The summed E-state index contributed by atoms with van der Waals surface area (Å²) in [6.07, 6.45) is 1.77. The van der Waals surface area contributed by atoms with Crippen molar-refractivity contribution in [1.82, 2.24) is 9.78 Å². The Labute approximate surface area is 139 Å². The molecule has 0 aliphatic rings. The SMILES string of the molecule is CCOC(=O)Cn1cc2cc(N)c(OCc3ccccc3)cc2n1. The number of anilines is 1. The first-order valence-electron chi connectivity index (χ1n) is 7.74. The van der Waals surface area contributed by atoms with Crippen molar-refractivity contribution in [3.63, 3.8) is 0 Å². The van der Waals surface area contributed by atoms with E-state index in [1.807, 2.05) is 30.3 Å². The van der Waals surface area contributed by atoms with Gasteiger partial charge in [0.15, 0.2) is 0 Å². The average Bonchev–Trinajstić information content (AvgIpc) is 2.94. The number of hydrogen-bond donors (Lipinski definition) is 1. The summed E-state index contributed by atoms with van der Waals surface area (Å²) < 4.78 is 12.3. The smallest absolute Gasteiger partial charge is 0.327 e. The standard InChI is InChI=1S/C18H19N3O3/c1-2-23-18(22)11-21-10-14-8-15(19)17(9-16(14)20-21)24-12-13-6-4-3-5-7-13/h3-10H,2,11-12,19H2,1H3. The molecule has 2 aromatic carbocycles. The molecule has 1 aromatic heterocycles. The van der Waals surface area contributed by atoms with Gasteiger partial charge in [-0.2, -0.15) is 5.10 Å². The van der Waals surface area contributed by atoms with E-state index >= 15 is 0 Å². The zero-order valence-electron chi connectivity index (χ0n) is 13.4. The molecule has 6 nitrogen and oxygen atoms in total. The second-order valence-electron chi connectivity index (χ2n) is 5.35. The summed E-state index contributed by atoms with van der Waals surface area (Å²) in [5.74, 6) is 0.256. The van der Waals surface area contributed by atoms with E-state index in [2.05, 4.69) is 5.10 Å². The van der Waals surface area contributed by atoms with Crippen LogP contribution in [-0.2, 0) is 22.7 Å². The lowest BCUT2D eigenvalue weighted by atomic mass is 10.2. The van der Waals surface area contributed by atoms with Gasteiger partial charge in [0.2, 0.25) is 0 Å². The van der Waals surface area contributed by atoms with Gasteiger partial charge in [-0.1, -0.05) is 30.3 Å². The van der Waals surface area contributed by atoms with Gasteiger partial charge in [-0.3, -0.25) is 9.48 Å². The molecule has 1 heterocycles. The lowest BCUT2D eigenvalue weighted by molar-refractivity contribution is -0.144. The van der Waals surface area contributed by atoms with Crippen LogP contribution < -0.4 is 10.5 Å². The molecule has 0 spiro atoms. The van der Waals surface area contributed by atoms with Gasteiger partial charge < -0.3 is 15.2 Å². The summed E-state index contributed by atoms with van der Waals surface area (Å²) in [6, 6.07) is 13.4. The Bertz CT molecular complexity index is 843. The summed E-state index contributed by atoms with van der Waals surface area (Å²) in [5, 5.41) is 5.22. The van der Waals surface area contributed by atoms with Crippen LogP contribution in [0.25, 0.3) is 10.9 Å². The first kappa shape index (κ1) is 15.9. The number of carbonyl (C=O) groups is 1. The van der Waals surface area contributed by atoms with Crippen LogP contribution in [0.2, 0.25) is 0 Å². The zero-order chi connectivity index (χ0) is 16.9. The highest BCUT2D eigenvalue weighted by molar-refractivity contribution is 5.85. The second-order valence-corrected chi connectivity index (χ2v) is 5.35. The number of hydrogen-bond acceptors (Lipinski definition) is 5. The molecule has 0 amide bonds. The highest BCUT2D eigenvalue weighted by Gasteiger charge is 2.10. The summed E-state index contributed by atoms with van der Waals surface area (Å²) in [6.45, 7) is 2.63. The van der Waals surface area contributed by atoms with Crippen molar-refractivity contribution >= 4 is 22.6 Å². The number of nitrogens with zero attached hydrogens (tertiary/aromatic N) is 2. The fourth-order valence-corrected chi connectivity index (χ4v) is 2.40. The van der Waals surface area contributed by atoms with Gasteiger partial charge in [-0.15, -0.1) is 0 Å². The normalized spacial score (nSPS) is 10.7. The van der Waals surface area contributed by atoms with Crippen molar-refractivity contribution in [1.29, 1.82) is 0 Å². The number of benzene rings is 2. The minimum Gasteiger partial charge on any atom is -0.487 e. The molecule has 3 aromatic rings. The Morgan fingerprint density at radius 3 is 2.79 bits per heavy atom. The van der Waals surface area contributed by atoms with Crippen molar-refractivity contribution in [3.05, 3.63) is 54.2 Å². The van der Waals surface area contributed by atoms with Crippen LogP contribution in [0.4, 0.5) is 5.69 Å². The molecule has 2 N–H and O–H groups in total. The molecule has 0 saturated heterocycles. The van der Waals surface area contributed by atoms with Crippen LogP contribution in [0.1, 0.15) is 12.5 Å². The Balaban J connectivity index is 1.77. The molecule has 0 atom stereocenters. The molecule has 0 saturated carbocycles. The van der Waals surface area contributed by atoms with E-state index in [9.17, 15) is 4.79 Å². The third kappa shape index (κ3) is 3.65. The Kier molecular flexibility index (Phi) is 4.65. The summed E-state index contributed by atoms with van der Waals surface area (Å²) in [4.78, 5) is 11.6. The number of esters is 1. The minimum absolute atomic E-state index is 0.0721. The van der Waals surface area contributed by atoms with Crippen molar-refractivity contribution in [2.45, 2.75) is 20.1 Å². The van der Waals surface area contributed by atoms with Gasteiger partial charge in [0.05, 0.1) is 17.8 Å². The average molecular weight is 325 g/mol. The maximum absolute atomic E-state index is 11.6. The van der Waals surface area contributed by atoms with Crippen LogP contribution in [-0.4, -0.2) is 22.4 Å². The van der Waals surface area contributed by atoms with E-state index in [-0.39, 0.29) is 12.5 Å². The molecular weight excluding hydrogens is 306 g/mol. The molecule has 0 fully saturated rings. The molecule has 6 heteroatoms. The number of aromatic nitrogens is 2. The fraction of sp³-hybridized carbons (Fsp3) is 0.222. The van der Waals surface area contributed by atoms with Crippen LogP contribution in [0.3, 0.4) is 0 Å². The van der Waals surface area contributed by atoms with Crippen molar-refractivity contribution < 1.29 is 14.3 Å². The monoisotopic (exact) mass is 325 g/mol. The van der Waals surface area contributed by atoms with Gasteiger partial charge >= 0.3 is 5.97 Å². The molecule has 3 rings (SSSR count). The Morgan fingerprint density at radius 2 is 2.04 bits per heavy atom. The predicted octanol–water partition coefficient (Wildman–Crippen LogP) is 2.76. The van der Waals surface area contributed by atoms with Gasteiger partial charge in [0, 0.05) is 17.6 Å². The molecule has 0 unspecified atom stereocenters. The van der Waals surface area contributed by atoms with E-state index in [1.165, 1.54) is 0 Å². The molecule has 0 radical (unpaired) electrons. The molecule has 0 aliphatic heterocycles. The maximum Gasteiger partial charge on any atom is 0.327 e. The molecule has 0 aliphatic carbocycles. The molecule has 0 bridgehead atoms. The quantitative estimate of drug-likeness (QED) is 0.557. The van der Waals surface area contributed by atoms with E-state index in [1.54, 1.807) is 29.9 Å². The van der Waals surface area contributed by atoms with Crippen LogP contribution in [0.15, 0.2) is 48.7 Å². The maximum atomic E-state index is 11.6. The third-order valence-corrected chi connectivity index (χ3v) is 3.52. The van der Waals surface area contributed by atoms with Crippen molar-refractivity contribution in [2.75, 3.05) is 12.3 Å². The van der Waals surface area contributed by atoms with Gasteiger partial charge in [-0.05, 0) is 18.6 Å². The molecule has 24 heavy (non-hydrogen) atoms. The van der Waals surface area contributed by atoms with Gasteiger partial charge in [0.1, 0.15) is 18.9 Å². The van der Waals surface area contributed by atoms with Crippen molar-refractivity contribution in [3.8, 4) is 5.75 Å². The summed E-state index contributed by atoms with van der Waals surface area (Å²) in [7, 11) is 0. The third-order valence-electron chi connectivity index (χ3n) is 3.52. The summed E-state index contributed by atoms with van der Waals surface area (Å²) >= 11 is 0. The Hall–Kier alpha value is -3.02. The number of nitrogens with two attached hydrogens (primary N) is 1. The Morgan fingerprint density at radius 1 is 1.25 bits per heavy atom. The second kappa shape index (κ2) is 7.04. The lowest BCUT2D eigenvalue weighted by Gasteiger charge is -2.08. The highest BCUT2D eigenvalue weighted by Crippen LogP contribution is 2.28. The topological polar surface area (TPSA) is 79.4 Å². The minimum atomic E-state index is -0.321. The zero-order valence-corrected chi connectivity index (χ0v) is 13.4. The number of carbonyl (C=O) groups excluding carboxylic acids is 1. The fourth-order valence-electron chi connectivity index (χ4n) is 2.40. The number of rotatable bonds is 6. The van der Waals surface area contributed by atoms with E-state index in [0.717, 1.165) is 16.5 Å². The van der Waals surface area contributed by atoms with Gasteiger partial charge in [0.25, 0.3) is 0 Å². The van der Waals surface area contributed by atoms with Crippen LogP contribution in [0.5, 0.6) is 5.75 Å². The van der Waals surface area contributed by atoms with Crippen molar-refractivity contribution in [2.24, 2.45) is 0 Å². The molecular formula is C18H19N3O3.